The predicted molar refractivity (Wildman–Crippen MR) is 76.5 cm³/mol. The first-order valence-corrected chi connectivity index (χ1v) is 6.55. The van der Waals surface area contributed by atoms with E-state index in [1.54, 1.807) is 6.07 Å². The summed E-state index contributed by atoms with van der Waals surface area (Å²) >= 11 is 0. The van der Waals surface area contributed by atoms with Crippen molar-refractivity contribution in [2.45, 2.75) is 27.7 Å². The number of hydrogen-bond acceptors (Lipinski definition) is 3. The monoisotopic (exact) mass is 262 g/mol. The van der Waals surface area contributed by atoms with Gasteiger partial charge in [-0.15, -0.1) is 0 Å². The molecule has 0 aliphatic heterocycles. The highest BCUT2D eigenvalue weighted by Gasteiger charge is 2.13. The number of nitrogens with zero attached hydrogens (tertiary/aromatic N) is 1. The van der Waals surface area contributed by atoms with Crippen LogP contribution in [0.25, 0.3) is 10.9 Å². The molecule has 0 saturated heterocycles. The van der Waals surface area contributed by atoms with Crippen molar-refractivity contribution in [2.24, 2.45) is 0 Å². The van der Waals surface area contributed by atoms with Crippen LogP contribution < -0.4 is 10.1 Å². The molecule has 1 aromatic carbocycles. The minimum Gasteiger partial charge on any atom is -0.491 e. The summed E-state index contributed by atoms with van der Waals surface area (Å²) in [6, 6.07) is 3.17. The van der Waals surface area contributed by atoms with Gasteiger partial charge in [0.1, 0.15) is 0 Å². The molecule has 0 fully saturated rings. The first-order valence-electron chi connectivity index (χ1n) is 6.55. The number of halogens is 1. The molecule has 0 radical (unpaired) electrons. The number of hydrogen-bond donors (Lipinski definition) is 1. The molecule has 4 heteroatoms. The van der Waals surface area contributed by atoms with Gasteiger partial charge in [0.2, 0.25) is 0 Å². The average molecular weight is 262 g/mol. The Morgan fingerprint density at radius 3 is 2.63 bits per heavy atom. The van der Waals surface area contributed by atoms with E-state index in [9.17, 15) is 4.39 Å². The molecule has 0 aliphatic rings. The van der Waals surface area contributed by atoms with Crippen LogP contribution >= 0.6 is 0 Å². The van der Waals surface area contributed by atoms with E-state index < -0.39 is 0 Å². The van der Waals surface area contributed by atoms with E-state index in [2.05, 4.69) is 10.3 Å². The molecule has 0 spiro atoms. The summed E-state index contributed by atoms with van der Waals surface area (Å²) in [6.07, 6.45) is 0. The van der Waals surface area contributed by atoms with Crippen LogP contribution in [0.2, 0.25) is 0 Å². The van der Waals surface area contributed by atoms with Crippen LogP contribution in [0.1, 0.15) is 25.1 Å². The van der Waals surface area contributed by atoms with Crippen molar-refractivity contribution >= 4 is 16.6 Å². The molecule has 2 aromatic rings. The number of anilines is 1. The molecule has 1 heterocycles. The zero-order valence-corrected chi connectivity index (χ0v) is 11.8. The highest BCUT2D eigenvalue weighted by atomic mass is 19.1. The van der Waals surface area contributed by atoms with Gasteiger partial charge in [0.15, 0.2) is 11.6 Å². The Hall–Kier alpha value is -1.84. The molecular formula is C15H19FN2O. The molecule has 0 bridgehead atoms. The third-order valence-corrected chi connectivity index (χ3v) is 3.18. The van der Waals surface area contributed by atoms with E-state index in [0.29, 0.717) is 12.1 Å². The van der Waals surface area contributed by atoms with Crippen molar-refractivity contribution in [1.29, 1.82) is 0 Å². The van der Waals surface area contributed by atoms with E-state index in [1.807, 2.05) is 27.7 Å². The van der Waals surface area contributed by atoms with Gasteiger partial charge >= 0.3 is 0 Å². The van der Waals surface area contributed by atoms with Crippen LogP contribution in [0.15, 0.2) is 12.1 Å². The van der Waals surface area contributed by atoms with Crippen molar-refractivity contribution in [3.8, 4) is 5.75 Å². The summed E-state index contributed by atoms with van der Waals surface area (Å²) in [4.78, 5) is 4.44. The quantitative estimate of drug-likeness (QED) is 0.909. The van der Waals surface area contributed by atoms with Crippen molar-refractivity contribution in [3.63, 3.8) is 0 Å². The van der Waals surface area contributed by atoms with Crippen molar-refractivity contribution < 1.29 is 9.13 Å². The second kappa shape index (κ2) is 5.43. The SMILES string of the molecule is CCNc1c(C)c(C)nc2cc(F)c(OCC)cc12. The summed E-state index contributed by atoms with van der Waals surface area (Å²) in [5.74, 6) is -0.0910. The summed E-state index contributed by atoms with van der Waals surface area (Å²) in [7, 11) is 0. The molecule has 2 rings (SSSR count). The summed E-state index contributed by atoms with van der Waals surface area (Å²) in [5.41, 5.74) is 3.65. The second-order valence-corrected chi connectivity index (χ2v) is 4.46. The lowest BCUT2D eigenvalue weighted by molar-refractivity contribution is 0.322. The van der Waals surface area contributed by atoms with Crippen molar-refractivity contribution in [1.82, 2.24) is 4.98 Å². The lowest BCUT2D eigenvalue weighted by atomic mass is 10.1. The molecule has 102 valence electrons. The van der Waals surface area contributed by atoms with Gasteiger partial charge in [-0.1, -0.05) is 0 Å². The Labute approximate surface area is 112 Å². The number of pyridine rings is 1. The standard InChI is InChI=1S/C15H19FN2O/c1-5-17-15-9(3)10(4)18-13-8-12(16)14(19-6-2)7-11(13)15/h7-8H,5-6H2,1-4H3,(H,17,18). The van der Waals surface area contributed by atoms with Crippen molar-refractivity contribution in [2.75, 3.05) is 18.5 Å². The number of aryl methyl sites for hydroxylation is 1. The number of nitrogens with one attached hydrogen (secondary N) is 1. The lowest BCUT2D eigenvalue weighted by Gasteiger charge is -2.15. The van der Waals surface area contributed by atoms with Gasteiger partial charge in [-0.3, -0.25) is 4.98 Å². The zero-order valence-electron chi connectivity index (χ0n) is 11.8. The van der Waals surface area contributed by atoms with Gasteiger partial charge in [-0.25, -0.2) is 4.39 Å². The number of benzene rings is 1. The van der Waals surface area contributed by atoms with Crippen LogP contribution in [0, 0.1) is 19.7 Å². The largest absolute Gasteiger partial charge is 0.491 e. The maximum absolute atomic E-state index is 13.9. The maximum Gasteiger partial charge on any atom is 0.167 e. The number of rotatable bonds is 4. The van der Waals surface area contributed by atoms with Crippen LogP contribution in [0.5, 0.6) is 5.75 Å². The molecule has 0 amide bonds. The maximum atomic E-state index is 13.9. The van der Waals surface area contributed by atoms with Crippen LogP contribution in [0.4, 0.5) is 10.1 Å². The first-order chi connectivity index (χ1) is 9.08. The lowest BCUT2D eigenvalue weighted by Crippen LogP contribution is -2.04. The minimum atomic E-state index is -0.368. The summed E-state index contributed by atoms with van der Waals surface area (Å²) < 4.78 is 19.2. The van der Waals surface area contributed by atoms with E-state index in [0.717, 1.165) is 28.9 Å². The summed E-state index contributed by atoms with van der Waals surface area (Å²) in [6.45, 7) is 9.08. The smallest absolute Gasteiger partial charge is 0.167 e. The predicted octanol–water partition coefficient (Wildman–Crippen LogP) is 3.82. The third kappa shape index (κ3) is 2.48. The molecule has 1 aromatic heterocycles. The third-order valence-electron chi connectivity index (χ3n) is 3.18. The van der Waals surface area contributed by atoms with Gasteiger partial charge in [0, 0.05) is 29.4 Å². The highest BCUT2D eigenvalue weighted by molar-refractivity contribution is 5.94. The number of fused-ring (bicyclic) bond motifs is 1. The molecule has 0 saturated carbocycles. The Morgan fingerprint density at radius 2 is 2.00 bits per heavy atom. The van der Waals surface area contributed by atoms with Gasteiger partial charge in [0.25, 0.3) is 0 Å². The van der Waals surface area contributed by atoms with Gasteiger partial charge < -0.3 is 10.1 Å². The average Bonchev–Trinajstić information content (AvgIpc) is 2.37. The minimum absolute atomic E-state index is 0.277. The van der Waals surface area contributed by atoms with E-state index in [4.69, 9.17) is 4.74 Å². The molecule has 1 N–H and O–H groups in total. The highest BCUT2D eigenvalue weighted by Crippen LogP contribution is 2.32. The molecule has 0 aliphatic carbocycles. The van der Waals surface area contributed by atoms with E-state index in [-0.39, 0.29) is 11.6 Å². The molecule has 0 atom stereocenters. The van der Waals surface area contributed by atoms with Crippen LogP contribution in [-0.2, 0) is 0 Å². The first kappa shape index (κ1) is 13.6. The number of aromatic nitrogens is 1. The number of ether oxygens (including phenoxy) is 1. The van der Waals surface area contributed by atoms with Gasteiger partial charge in [-0.05, 0) is 39.3 Å². The zero-order chi connectivity index (χ0) is 14.0. The van der Waals surface area contributed by atoms with Crippen molar-refractivity contribution in [3.05, 3.63) is 29.2 Å². The Kier molecular flexibility index (Phi) is 3.88. The van der Waals surface area contributed by atoms with E-state index in [1.165, 1.54) is 6.07 Å². The molecule has 0 unspecified atom stereocenters. The fourth-order valence-corrected chi connectivity index (χ4v) is 2.15. The fraction of sp³-hybridized carbons (Fsp3) is 0.400. The Balaban J connectivity index is 2.73. The van der Waals surface area contributed by atoms with Gasteiger partial charge in [0.05, 0.1) is 12.1 Å². The van der Waals surface area contributed by atoms with Crippen LogP contribution in [-0.4, -0.2) is 18.1 Å². The second-order valence-electron chi connectivity index (χ2n) is 4.46. The normalized spacial score (nSPS) is 10.8. The molecular weight excluding hydrogens is 243 g/mol. The topological polar surface area (TPSA) is 34.2 Å². The van der Waals surface area contributed by atoms with Crippen LogP contribution in [0.3, 0.4) is 0 Å². The Bertz CT molecular complexity index is 611. The fourth-order valence-electron chi connectivity index (χ4n) is 2.15. The molecule has 19 heavy (non-hydrogen) atoms. The van der Waals surface area contributed by atoms with Gasteiger partial charge in [-0.2, -0.15) is 0 Å². The summed E-state index contributed by atoms with van der Waals surface area (Å²) in [5, 5.41) is 4.23. The Morgan fingerprint density at radius 1 is 1.26 bits per heavy atom. The molecule has 3 nitrogen and oxygen atoms in total. The van der Waals surface area contributed by atoms with E-state index >= 15 is 0 Å².